The largest absolute Gasteiger partial charge is 0.347 e. The van der Waals surface area contributed by atoms with Crippen LogP contribution in [-0.2, 0) is 6.54 Å². The Hall–Kier alpha value is -2.65. The van der Waals surface area contributed by atoms with E-state index >= 15 is 0 Å². The molecule has 1 aliphatic rings. The zero-order valence-corrected chi connectivity index (χ0v) is 19.0. The van der Waals surface area contributed by atoms with Crippen LogP contribution in [0.3, 0.4) is 0 Å². The van der Waals surface area contributed by atoms with Crippen LogP contribution in [0.2, 0.25) is 0 Å². The van der Waals surface area contributed by atoms with Gasteiger partial charge in [0.1, 0.15) is 16.4 Å². The van der Waals surface area contributed by atoms with Gasteiger partial charge in [0.25, 0.3) is 11.8 Å². The number of thiazole rings is 2. The number of halogens is 1. The topological polar surface area (TPSA) is 75.2 Å². The van der Waals surface area contributed by atoms with E-state index in [4.69, 9.17) is 0 Å². The second kappa shape index (κ2) is 9.23. The van der Waals surface area contributed by atoms with Crippen molar-refractivity contribution < 1.29 is 14.0 Å². The van der Waals surface area contributed by atoms with Gasteiger partial charge in [0.2, 0.25) is 0 Å². The molecule has 0 spiro atoms. The van der Waals surface area contributed by atoms with E-state index in [1.165, 1.54) is 34.8 Å². The molecule has 0 saturated carbocycles. The first-order chi connectivity index (χ1) is 14.9. The number of benzene rings is 1. The van der Waals surface area contributed by atoms with Crippen LogP contribution in [0.1, 0.15) is 60.2 Å². The Labute approximate surface area is 188 Å². The molecule has 6 nitrogen and oxygen atoms in total. The van der Waals surface area contributed by atoms with Crippen molar-refractivity contribution >= 4 is 34.5 Å². The lowest BCUT2D eigenvalue weighted by atomic mass is 9.97. The zero-order chi connectivity index (χ0) is 22.0. The number of amides is 2. The summed E-state index contributed by atoms with van der Waals surface area (Å²) in [6.07, 6.45) is 1.65. The third kappa shape index (κ3) is 4.99. The second-order valence-corrected chi connectivity index (χ2v) is 9.69. The summed E-state index contributed by atoms with van der Waals surface area (Å²) in [4.78, 5) is 36.7. The lowest BCUT2D eigenvalue weighted by Crippen LogP contribution is -2.37. The van der Waals surface area contributed by atoms with E-state index in [1.807, 2.05) is 18.7 Å². The summed E-state index contributed by atoms with van der Waals surface area (Å²) in [7, 11) is 0. The fourth-order valence-electron chi connectivity index (χ4n) is 3.66. The normalized spacial score (nSPS) is 14.6. The van der Waals surface area contributed by atoms with Crippen LogP contribution in [0.25, 0.3) is 0 Å². The molecule has 3 heterocycles. The molecule has 2 amide bonds. The first kappa shape index (κ1) is 21.6. The van der Waals surface area contributed by atoms with Crippen molar-refractivity contribution in [2.75, 3.05) is 13.1 Å². The molecule has 1 aromatic carbocycles. The summed E-state index contributed by atoms with van der Waals surface area (Å²) in [6, 6.07) is 6.03. The van der Waals surface area contributed by atoms with Crippen molar-refractivity contribution in [1.29, 1.82) is 0 Å². The zero-order valence-electron chi connectivity index (χ0n) is 17.4. The number of likely N-dealkylation sites (tertiary alicyclic amines) is 1. The molecule has 1 N–H and O–H groups in total. The lowest BCUT2D eigenvalue weighted by Gasteiger charge is -2.30. The predicted octanol–water partition coefficient (Wildman–Crippen LogP) is 4.31. The highest BCUT2D eigenvalue weighted by Gasteiger charge is 2.28. The van der Waals surface area contributed by atoms with Crippen molar-refractivity contribution in [3.63, 3.8) is 0 Å². The Morgan fingerprint density at radius 2 is 1.87 bits per heavy atom. The van der Waals surface area contributed by atoms with Crippen LogP contribution in [0.5, 0.6) is 0 Å². The maximum absolute atomic E-state index is 13.0. The fraction of sp³-hybridized carbons (Fsp3) is 0.364. The smallest absolute Gasteiger partial charge is 0.271 e. The predicted molar refractivity (Wildman–Crippen MR) is 119 cm³/mol. The maximum atomic E-state index is 13.0. The minimum absolute atomic E-state index is 0.0570. The van der Waals surface area contributed by atoms with E-state index < -0.39 is 0 Å². The highest BCUT2D eigenvalue weighted by Crippen LogP contribution is 2.31. The summed E-state index contributed by atoms with van der Waals surface area (Å²) in [5.74, 6) is -0.238. The highest BCUT2D eigenvalue weighted by molar-refractivity contribution is 7.13. The fourth-order valence-corrected chi connectivity index (χ4v) is 5.52. The third-order valence-corrected chi connectivity index (χ3v) is 7.42. The van der Waals surface area contributed by atoms with E-state index in [0.717, 1.165) is 39.0 Å². The molecule has 1 saturated heterocycles. The Kier molecular flexibility index (Phi) is 6.43. The van der Waals surface area contributed by atoms with Crippen molar-refractivity contribution in [2.45, 2.75) is 39.2 Å². The maximum Gasteiger partial charge on any atom is 0.271 e. The third-order valence-electron chi connectivity index (χ3n) is 5.35. The first-order valence-electron chi connectivity index (χ1n) is 10.1. The van der Waals surface area contributed by atoms with Crippen LogP contribution in [0, 0.1) is 19.7 Å². The number of carbonyl (C=O) groups excluding carboxylic acids is 2. The first-order valence-corrected chi connectivity index (χ1v) is 11.8. The number of nitrogens with zero attached hydrogens (tertiary/aromatic N) is 3. The number of rotatable bonds is 5. The Balaban J connectivity index is 1.31. The van der Waals surface area contributed by atoms with E-state index in [0.29, 0.717) is 25.3 Å². The van der Waals surface area contributed by atoms with Gasteiger partial charge in [0.15, 0.2) is 0 Å². The minimum Gasteiger partial charge on any atom is -0.347 e. The molecule has 3 aromatic rings. The van der Waals surface area contributed by atoms with Crippen LogP contribution in [0.4, 0.5) is 4.39 Å². The second-order valence-electron chi connectivity index (χ2n) is 7.59. The van der Waals surface area contributed by atoms with Crippen molar-refractivity contribution in [3.05, 3.63) is 67.3 Å². The van der Waals surface area contributed by atoms with Gasteiger partial charge in [0.05, 0.1) is 15.7 Å². The minimum atomic E-state index is -0.302. The molecule has 1 fully saturated rings. The Morgan fingerprint density at radius 3 is 2.52 bits per heavy atom. The van der Waals surface area contributed by atoms with E-state index in [9.17, 15) is 14.0 Å². The SMILES string of the molecule is Cc1nc(C)c(C(=O)N2CCC(c3nc(C(=O)NCc4ccc(F)cc4)cs3)CC2)s1. The number of nitrogens with one attached hydrogen (secondary N) is 1. The number of carbonyl (C=O) groups is 2. The standard InChI is InChI=1S/C22H23FN4O2S2/c1-13-19(31-14(2)25-13)22(29)27-9-7-16(8-10-27)21-26-18(12-30-21)20(28)24-11-15-3-5-17(23)6-4-15/h3-6,12,16H,7-11H2,1-2H3,(H,24,28). The monoisotopic (exact) mass is 458 g/mol. The molecule has 4 rings (SSSR count). The van der Waals surface area contributed by atoms with Crippen molar-refractivity contribution in [1.82, 2.24) is 20.2 Å². The molecule has 0 atom stereocenters. The molecule has 31 heavy (non-hydrogen) atoms. The van der Waals surface area contributed by atoms with Crippen molar-refractivity contribution in [3.8, 4) is 0 Å². The average Bonchev–Trinajstić information content (AvgIpc) is 3.39. The number of hydrogen-bond donors (Lipinski definition) is 1. The molecule has 162 valence electrons. The van der Waals surface area contributed by atoms with E-state index in [-0.39, 0.29) is 23.5 Å². The summed E-state index contributed by atoms with van der Waals surface area (Å²) < 4.78 is 13.0. The van der Waals surface area contributed by atoms with Gasteiger partial charge in [-0.1, -0.05) is 12.1 Å². The van der Waals surface area contributed by atoms with Gasteiger partial charge in [-0.25, -0.2) is 14.4 Å². The van der Waals surface area contributed by atoms with E-state index in [2.05, 4.69) is 15.3 Å². The molecular weight excluding hydrogens is 435 g/mol. The van der Waals surface area contributed by atoms with Gasteiger partial charge in [-0.2, -0.15) is 0 Å². The van der Waals surface area contributed by atoms with Crippen LogP contribution in [0.15, 0.2) is 29.6 Å². The lowest BCUT2D eigenvalue weighted by molar-refractivity contribution is 0.0717. The van der Waals surface area contributed by atoms with Gasteiger partial charge in [-0.15, -0.1) is 22.7 Å². The number of piperidine rings is 1. The summed E-state index contributed by atoms with van der Waals surface area (Å²) in [5, 5.41) is 6.44. The van der Waals surface area contributed by atoms with Gasteiger partial charge >= 0.3 is 0 Å². The molecular formula is C22H23FN4O2S2. The van der Waals surface area contributed by atoms with E-state index in [1.54, 1.807) is 17.5 Å². The number of aryl methyl sites for hydroxylation is 2. The van der Waals surface area contributed by atoms with Crippen LogP contribution >= 0.6 is 22.7 Å². The molecule has 0 unspecified atom stereocenters. The molecule has 0 bridgehead atoms. The van der Waals surface area contributed by atoms with Gasteiger partial charge in [-0.3, -0.25) is 9.59 Å². The van der Waals surface area contributed by atoms with Crippen LogP contribution in [-0.4, -0.2) is 39.8 Å². The number of aromatic nitrogens is 2. The Morgan fingerprint density at radius 1 is 1.16 bits per heavy atom. The summed E-state index contributed by atoms with van der Waals surface area (Å²) in [6.45, 7) is 5.46. The van der Waals surface area contributed by atoms with Crippen molar-refractivity contribution in [2.24, 2.45) is 0 Å². The van der Waals surface area contributed by atoms with Gasteiger partial charge in [0, 0.05) is 30.9 Å². The molecule has 0 aliphatic carbocycles. The molecule has 0 radical (unpaired) electrons. The van der Waals surface area contributed by atoms with Gasteiger partial charge in [-0.05, 0) is 44.4 Å². The Bertz CT molecular complexity index is 1090. The average molecular weight is 459 g/mol. The molecule has 2 aromatic heterocycles. The molecule has 9 heteroatoms. The summed E-state index contributed by atoms with van der Waals surface area (Å²) in [5.41, 5.74) is 2.02. The molecule has 1 aliphatic heterocycles. The van der Waals surface area contributed by atoms with Gasteiger partial charge < -0.3 is 10.2 Å². The number of hydrogen-bond acceptors (Lipinski definition) is 6. The van der Waals surface area contributed by atoms with Crippen LogP contribution < -0.4 is 5.32 Å². The quantitative estimate of drug-likeness (QED) is 0.618. The summed E-state index contributed by atoms with van der Waals surface area (Å²) >= 11 is 2.93. The highest BCUT2D eigenvalue weighted by atomic mass is 32.1.